The van der Waals surface area contributed by atoms with Crippen LogP contribution in [-0.2, 0) is 17.2 Å². The molecule has 0 aromatic heterocycles. The van der Waals surface area contributed by atoms with Crippen LogP contribution in [0, 0.1) is 0 Å². The second-order valence-corrected chi connectivity index (χ2v) is 4.42. The van der Waals surface area contributed by atoms with Gasteiger partial charge in [0, 0.05) is 4.47 Å². The number of hydroxylamine groups is 1. The summed E-state index contributed by atoms with van der Waals surface area (Å²) in [5.41, 5.74) is -3.52. The first kappa shape index (κ1) is 16.8. The smallest absolute Gasteiger partial charge is 0.277 e. The molecule has 0 saturated carbocycles. The van der Waals surface area contributed by atoms with E-state index in [-0.39, 0.29) is 0 Å². The van der Waals surface area contributed by atoms with E-state index in [9.17, 15) is 31.1 Å². The fraction of sp³-hybridized carbons (Fsp3) is 0.300. The van der Waals surface area contributed by atoms with Crippen LogP contribution in [0.25, 0.3) is 0 Å². The fourth-order valence-corrected chi connectivity index (χ4v) is 1.90. The summed E-state index contributed by atoms with van der Waals surface area (Å²) in [6.07, 6.45) is -10.3. The Bertz CT molecular complexity index is 490. The first-order valence-electron chi connectivity index (χ1n) is 4.79. The van der Waals surface area contributed by atoms with E-state index in [1.165, 1.54) is 5.48 Å². The number of carbonyl (C=O) groups is 1. The van der Waals surface area contributed by atoms with Gasteiger partial charge in [-0.1, -0.05) is 15.9 Å². The summed E-state index contributed by atoms with van der Waals surface area (Å²) < 4.78 is 76.3. The number of carbonyl (C=O) groups excluding carboxylic acids is 1. The van der Waals surface area contributed by atoms with Gasteiger partial charge in [-0.05, 0) is 12.1 Å². The SMILES string of the molecule is CONC(=O)c1c(C(F)(F)F)cc(Br)cc1C(F)(F)F. The molecular weight excluding hydrogens is 360 g/mol. The molecular formula is C10H6BrF6NO2. The van der Waals surface area contributed by atoms with Crippen molar-refractivity contribution in [3.05, 3.63) is 33.3 Å². The zero-order valence-electron chi connectivity index (χ0n) is 9.62. The molecule has 0 aliphatic carbocycles. The molecule has 20 heavy (non-hydrogen) atoms. The lowest BCUT2D eigenvalue weighted by atomic mass is 9.99. The first-order chi connectivity index (χ1) is 8.98. The molecule has 0 aliphatic heterocycles. The van der Waals surface area contributed by atoms with Crippen LogP contribution in [0.5, 0.6) is 0 Å². The van der Waals surface area contributed by atoms with Crippen molar-refractivity contribution in [1.29, 1.82) is 0 Å². The highest BCUT2D eigenvalue weighted by Gasteiger charge is 2.43. The molecule has 0 fully saturated rings. The lowest BCUT2D eigenvalue weighted by Gasteiger charge is -2.18. The zero-order chi connectivity index (χ0) is 15.7. The van der Waals surface area contributed by atoms with Crippen LogP contribution in [0.3, 0.4) is 0 Å². The molecule has 0 radical (unpaired) electrons. The summed E-state index contributed by atoms with van der Waals surface area (Å²) in [4.78, 5) is 15.5. The van der Waals surface area contributed by atoms with Crippen molar-refractivity contribution in [1.82, 2.24) is 5.48 Å². The van der Waals surface area contributed by atoms with E-state index in [1.54, 1.807) is 0 Å². The molecule has 0 atom stereocenters. The lowest BCUT2D eigenvalue weighted by molar-refractivity contribution is -0.143. The molecule has 0 bridgehead atoms. The second kappa shape index (κ2) is 5.60. The summed E-state index contributed by atoms with van der Waals surface area (Å²) in [7, 11) is 0.886. The monoisotopic (exact) mass is 365 g/mol. The number of halogens is 7. The second-order valence-electron chi connectivity index (χ2n) is 3.51. The first-order valence-corrected chi connectivity index (χ1v) is 5.59. The van der Waals surface area contributed by atoms with E-state index in [2.05, 4.69) is 20.8 Å². The predicted molar refractivity (Wildman–Crippen MR) is 58.6 cm³/mol. The van der Waals surface area contributed by atoms with Crippen LogP contribution in [0.2, 0.25) is 0 Å². The van der Waals surface area contributed by atoms with Crippen LogP contribution >= 0.6 is 15.9 Å². The van der Waals surface area contributed by atoms with Crippen molar-refractivity contribution in [2.24, 2.45) is 0 Å². The number of hydrogen-bond donors (Lipinski definition) is 1. The Morgan fingerprint density at radius 3 is 1.80 bits per heavy atom. The van der Waals surface area contributed by atoms with Gasteiger partial charge in [-0.3, -0.25) is 9.63 Å². The third-order valence-corrected chi connectivity index (χ3v) is 2.59. The number of amides is 1. The summed E-state index contributed by atoms with van der Waals surface area (Å²) in [6.45, 7) is 0. The lowest BCUT2D eigenvalue weighted by Crippen LogP contribution is -2.29. The topological polar surface area (TPSA) is 38.3 Å². The third-order valence-electron chi connectivity index (χ3n) is 2.14. The van der Waals surface area contributed by atoms with Gasteiger partial charge in [-0.25, -0.2) is 5.48 Å². The van der Waals surface area contributed by atoms with Crippen LogP contribution in [0.1, 0.15) is 21.5 Å². The van der Waals surface area contributed by atoms with Gasteiger partial charge in [-0.15, -0.1) is 0 Å². The molecule has 1 amide bonds. The van der Waals surface area contributed by atoms with E-state index in [0.29, 0.717) is 12.1 Å². The van der Waals surface area contributed by atoms with Gasteiger partial charge in [0.2, 0.25) is 0 Å². The van der Waals surface area contributed by atoms with Crippen molar-refractivity contribution >= 4 is 21.8 Å². The molecule has 1 rings (SSSR count). The maximum atomic E-state index is 12.8. The Morgan fingerprint density at radius 2 is 1.50 bits per heavy atom. The molecule has 3 nitrogen and oxygen atoms in total. The molecule has 1 aromatic rings. The molecule has 0 aliphatic rings. The molecule has 0 heterocycles. The Labute approximate surface area is 117 Å². The van der Waals surface area contributed by atoms with Crippen LogP contribution in [0.4, 0.5) is 26.3 Å². The molecule has 1 N–H and O–H groups in total. The third kappa shape index (κ3) is 3.63. The van der Waals surface area contributed by atoms with Crippen LogP contribution in [0.15, 0.2) is 16.6 Å². The zero-order valence-corrected chi connectivity index (χ0v) is 11.2. The van der Waals surface area contributed by atoms with Gasteiger partial charge in [0.1, 0.15) is 0 Å². The number of alkyl halides is 6. The minimum atomic E-state index is -5.13. The van der Waals surface area contributed by atoms with Gasteiger partial charge in [0.25, 0.3) is 5.91 Å². The van der Waals surface area contributed by atoms with Gasteiger partial charge in [-0.2, -0.15) is 26.3 Å². The van der Waals surface area contributed by atoms with E-state index in [0.717, 1.165) is 7.11 Å². The van der Waals surface area contributed by atoms with Gasteiger partial charge in [0.15, 0.2) is 0 Å². The van der Waals surface area contributed by atoms with Crippen LogP contribution in [-0.4, -0.2) is 13.0 Å². The maximum absolute atomic E-state index is 12.8. The highest BCUT2D eigenvalue weighted by atomic mass is 79.9. The predicted octanol–water partition coefficient (Wildman–Crippen LogP) is 3.78. The highest BCUT2D eigenvalue weighted by molar-refractivity contribution is 9.10. The molecule has 0 saturated heterocycles. The normalized spacial score (nSPS) is 12.4. The van der Waals surface area contributed by atoms with E-state index < -0.39 is 39.4 Å². The largest absolute Gasteiger partial charge is 0.417 e. The van der Waals surface area contributed by atoms with E-state index in [4.69, 9.17) is 0 Å². The average Bonchev–Trinajstić information content (AvgIpc) is 2.25. The Morgan fingerprint density at radius 1 is 1.10 bits per heavy atom. The average molecular weight is 366 g/mol. The summed E-state index contributed by atoms with van der Waals surface area (Å²) in [6, 6.07) is 0.777. The standard InChI is InChI=1S/C10H6BrF6NO2/c1-20-18-8(19)7-5(9(12,13)14)2-4(11)3-6(7)10(15,16)17/h2-3H,1H3,(H,18,19). The Hall–Kier alpha value is -1.29. The van der Waals surface area contributed by atoms with Crippen molar-refractivity contribution in [2.45, 2.75) is 12.4 Å². The minimum absolute atomic E-state index is 0.389. The fourth-order valence-electron chi connectivity index (χ4n) is 1.44. The van der Waals surface area contributed by atoms with Gasteiger partial charge < -0.3 is 0 Å². The number of nitrogens with one attached hydrogen (secondary N) is 1. The highest BCUT2D eigenvalue weighted by Crippen LogP contribution is 2.41. The summed E-state index contributed by atoms with van der Waals surface area (Å²) >= 11 is 2.56. The van der Waals surface area contributed by atoms with Crippen molar-refractivity contribution in [3.63, 3.8) is 0 Å². The molecule has 1 aromatic carbocycles. The molecule has 112 valence electrons. The van der Waals surface area contributed by atoms with Gasteiger partial charge in [0.05, 0.1) is 23.8 Å². The quantitative estimate of drug-likeness (QED) is 0.639. The Kier molecular flexibility index (Phi) is 4.70. The number of benzene rings is 1. The van der Waals surface area contributed by atoms with Crippen molar-refractivity contribution < 1.29 is 36.0 Å². The van der Waals surface area contributed by atoms with E-state index in [1.807, 2.05) is 0 Å². The van der Waals surface area contributed by atoms with Crippen molar-refractivity contribution in [3.8, 4) is 0 Å². The number of hydrogen-bond acceptors (Lipinski definition) is 2. The van der Waals surface area contributed by atoms with Gasteiger partial charge >= 0.3 is 12.4 Å². The molecule has 0 unspecified atom stereocenters. The number of rotatable bonds is 2. The molecule has 10 heteroatoms. The van der Waals surface area contributed by atoms with E-state index >= 15 is 0 Å². The molecule has 0 spiro atoms. The maximum Gasteiger partial charge on any atom is 0.417 e. The summed E-state index contributed by atoms with van der Waals surface area (Å²) in [5, 5.41) is 0. The summed E-state index contributed by atoms with van der Waals surface area (Å²) in [5.74, 6) is -1.64. The Balaban J connectivity index is 3.68. The van der Waals surface area contributed by atoms with Crippen LogP contribution < -0.4 is 5.48 Å². The van der Waals surface area contributed by atoms with Crippen molar-refractivity contribution in [2.75, 3.05) is 7.11 Å². The minimum Gasteiger partial charge on any atom is -0.277 e.